The summed E-state index contributed by atoms with van der Waals surface area (Å²) in [4.78, 5) is 22.1. The molecule has 22 heavy (non-hydrogen) atoms. The average molecular weight is 384 g/mol. The molecule has 0 fully saturated rings. The lowest BCUT2D eigenvalue weighted by Gasteiger charge is -2.10. The third-order valence-corrected chi connectivity index (χ3v) is 3.33. The van der Waals surface area contributed by atoms with E-state index < -0.39 is 10.8 Å². The Morgan fingerprint density at radius 3 is 2.68 bits per heavy atom. The quantitative estimate of drug-likeness (QED) is 0.478. The number of nitrogens with zero attached hydrogens (tertiary/aromatic N) is 1. The van der Waals surface area contributed by atoms with Crippen LogP contribution in [0.25, 0.3) is 0 Å². The molecule has 1 aromatic carbocycles. The number of aryl methyl sites for hydroxylation is 1. The molecule has 2 N–H and O–H groups in total. The molecule has 1 aromatic heterocycles. The topological polar surface area (TPSA) is 97.4 Å². The molecule has 2 rings (SSSR count). The van der Waals surface area contributed by atoms with Gasteiger partial charge < -0.3 is 9.73 Å². The molecule has 0 spiro atoms. The molecular formula is C13H10BrN3O4S. The molecule has 0 unspecified atom stereocenters. The van der Waals surface area contributed by atoms with Gasteiger partial charge in [0.25, 0.3) is 11.6 Å². The maximum absolute atomic E-state index is 11.9. The van der Waals surface area contributed by atoms with Crippen molar-refractivity contribution in [2.75, 3.05) is 5.32 Å². The predicted octanol–water partition coefficient (Wildman–Crippen LogP) is 3.39. The first-order valence-electron chi connectivity index (χ1n) is 5.99. The molecule has 0 saturated carbocycles. The fourth-order valence-electron chi connectivity index (χ4n) is 1.61. The van der Waals surface area contributed by atoms with Crippen molar-refractivity contribution in [2.24, 2.45) is 0 Å². The Morgan fingerprint density at radius 2 is 2.09 bits per heavy atom. The number of benzene rings is 1. The summed E-state index contributed by atoms with van der Waals surface area (Å²) >= 11 is 8.11. The van der Waals surface area contributed by atoms with Gasteiger partial charge in [-0.05, 0) is 52.8 Å². The zero-order valence-corrected chi connectivity index (χ0v) is 13.7. The Kier molecular flexibility index (Phi) is 4.88. The maximum atomic E-state index is 11.9. The summed E-state index contributed by atoms with van der Waals surface area (Å²) in [7, 11) is 0. The highest BCUT2D eigenvalue weighted by Gasteiger charge is 2.14. The van der Waals surface area contributed by atoms with Crippen molar-refractivity contribution < 1.29 is 14.1 Å². The maximum Gasteiger partial charge on any atom is 0.293 e. The van der Waals surface area contributed by atoms with Crippen LogP contribution in [0, 0.1) is 17.0 Å². The number of anilines is 1. The summed E-state index contributed by atoms with van der Waals surface area (Å²) in [5.74, 6) is -0.432. The molecular weight excluding hydrogens is 374 g/mol. The summed E-state index contributed by atoms with van der Waals surface area (Å²) < 4.78 is 5.52. The Labute approximate surface area is 139 Å². The van der Waals surface area contributed by atoms with Crippen LogP contribution in [0.5, 0.6) is 0 Å². The van der Waals surface area contributed by atoms with Gasteiger partial charge in [0.2, 0.25) is 0 Å². The van der Waals surface area contributed by atoms with Gasteiger partial charge in [0.15, 0.2) is 15.5 Å². The van der Waals surface area contributed by atoms with Crippen LogP contribution in [0.15, 0.2) is 39.4 Å². The van der Waals surface area contributed by atoms with E-state index in [4.69, 9.17) is 16.6 Å². The van der Waals surface area contributed by atoms with E-state index >= 15 is 0 Å². The largest absolute Gasteiger partial charge is 0.444 e. The summed E-state index contributed by atoms with van der Waals surface area (Å²) in [5.41, 5.74) is 1.13. The highest BCUT2D eigenvalue weighted by atomic mass is 79.9. The van der Waals surface area contributed by atoms with Gasteiger partial charge in [-0.3, -0.25) is 20.2 Å². The summed E-state index contributed by atoms with van der Waals surface area (Å²) in [6, 6.07) is 7.39. The molecule has 0 radical (unpaired) electrons. The van der Waals surface area contributed by atoms with Crippen molar-refractivity contribution >= 4 is 50.5 Å². The van der Waals surface area contributed by atoms with Crippen molar-refractivity contribution in [1.82, 2.24) is 5.32 Å². The normalized spacial score (nSPS) is 10.1. The van der Waals surface area contributed by atoms with Crippen LogP contribution in [0.4, 0.5) is 11.4 Å². The second kappa shape index (κ2) is 6.67. The fraction of sp³-hybridized carbons (Fsp3) is 0.0769. The van der Waals surface area contributed by atoms with E-state index in [9.17, 15) is 14.9 Å². The molecule has 0 saturated heterocycles. The van der Waals surface area contributed by atoms with E-state index in [0.29, 0.717) is 10.4 Å². The summed E-state index contributed by atoms with van der Waals surface area (Å²) in [5, 5.41) is 16.0. The molecule has 1 heterocycles. The Bertz CT molecular complexity index is 759. The molecule has 7 nitrogen and oxygen atoms in total. The number of hydrogen-bond donors (Lipinski definition) is 2. The van der Waals surface area contributed by atoms with E-state index in [0.717, 1.165) is 5.56 Å². The van der Waals surface area contributed by atoms with Crippen LogP contribution in [0.2, 0.25) is 0 Å². The van der Waals surface area contributed by atoms with Crippen LogP contribution in [-0.2, 0) is 0 Å². The van der Waals surface area contributed by atoms with E-state index in [2.05, 4.69) is 26.6 Å². The number of hydrogen-bond acceptors (Lipinski definition) is 5. The number of furan rings is 1. The third-order valence-electron chi connectivity index (χ3n) is 2.70. The van der Waals surface area contributed by atoms with Crippen LogP contribution in [0.1, 0.15) is 16.1 Å². The molecule has 2 aromatic rings. The second-order valence-electron chi connectivity index (χ2n) is 4.27. The summed E-state index contributed by atoms with van der Waals surface area (Å²) in [6.07, 6.45) is 0. The predicted molar refractivity (Wildman–Crippen MR) is 87.9 cm³/mol. The lowest BCUT2D eigenvalue weighted by Crippen LogP contribution is -2.34. The lowest BCUT2D eigenvalue weighted by atomic mass is 10.2. The number of halogens is 1. The van der Waals surface area contributed by atoms with Gasteiger partial charge in [0.1, 0.15) is 0 Å². The Morgan fingerprint density at radius 1 is 1.36 bits per heavy atom. The van der Waals surface area contributed by atoms with E-state index in [-0.39, 0.29) is 16.6 Å². The number of amides is 1. The van der Waals surface area contributed by atoms with Crippen LogP contribution in [0.3, 0.4) is 0 Å². The van der Waals surface area contributed by atoms with Crippen molar-refractivity contribution in [3.8, 4) is 0 Å². The van der Waals surface area contributed by atoms with Gasteiger partial charge in [-0.15, -0.1) is 0 Å². The zero-order chi connectivity index (χ0) is 16.3. The third kappa shape index (κ3) is 3.89. The van der Waals surface area contributed by atoms with Gasteiger partial charge in [-0.1, -0.05) is 6.07 Å². The molecule has 0 aliphatic heterocycles. The first-order valence-corrected chi connectivity index (χ1v) is 7.19. The smallest absolute Gasteiger partial charge is 0.293 e. The highest BCUT2D eigenvalue weighted by Crippen LogP contribution is 2.21. The molecule has 9 heteroatoms. The Hall–Kier alpha value is -2.26. The molecule has 0 bridgehead atoms. The first kappa shape index (κ1) is 16.1. The zero-order valence-electron chi connectivity index (χ0n) is 11.3. The number of carbonyl (C=O) groups is 1. The molecule has 0 aliphatic carbocycles. The molecule has 0 aliphatic rings. The van der Waals surface area contributed by atoms with Crippen molar-refractivity contribution in [1.29, 1.82) is 0 Å². The summed E-state index contributed by atoms with van der Waals surface area (Å²) in [6.45, 7) is 1.76. The van der Waals surface area contributed by atoms with Gasteiger partial charge in [-0.25, -0.2) is 0 Å². The standard InChI is InChI=1S/C13H10BrN3O4S/c1-7-2-3-8(17(19)20)6-9(7)15-13(22)16-12(18)10-4-5-11(14)21-10/h2-6H,1H3,(H2,15,16,18,22). The Balaban J connectivity index is 2.07. The van der Waals surface area contributed by atoms with Gasteiger partial charge in [0, 0.05) is 17.8 Å². The van der Waals surface area contributed by atoms with Crippen molar-refractivity contribution in [3.05, 3.63) is 56.4 Å². The number of rotatable bonds is 3. The average Bonchev–Trinajstić information content (AvgIpc) is 2.87. The van der Waals surface area contributed by atoms with Crippen LogP contribution >= 0.6 is 28.1 Å². The minimum Gasteiger partial charge on any atom is -0.444 e. The van der Waals surface area contributed by atoms with E-state index in [1.54, 1.807) is 19.1 Å². The number of carbonyl (C=O) groups excluding carboxylic acids is 1. The second-order valence-corrected chi connectivity index (χ2v) is 5.46. The van der Waals surface area contributed by atoms with Crippen molar-refractivity contribution in [2.45, 2.75) is 6.92 Å². The monoisotopic (exact) mass is 383 g/mol. The highest BCUT2D eigenvalue weighted by molar-refractivity contribution is 9.10. The van der Waals surface area contributed by atoms with E-state index in [1.807, 2.05) is 0 Å². The molecule has 1 amide bonds. The number of nitro groups is 1. The number of thiocarbonyl (C=S) groups is 1. The van der Waals surface area contributed by atoms with Gasteiger partial charge in [0.05, 0.1) is 4.92 Å². The fourth-order valence-corrected chi connectivity index (χ4v) is 2.12. The van der Waals surface area contributed by atoms with Crippen LogP contribution in [-0.4, -0.2) is 15.9 Å². The lowest BCUT2D eigenvalue weighted by molar-refractivity contribution is -0.384. The minimum atomic E-state index is -0.522. The van der Waals surface area contributed by atoms with Crippen molar-refractivity contribution in [3.63, 3.8) is 0 Å². The van der Waals surface area contributed by atoms with Gasteiger partial charge in [-0.2, -0.15) is 0 Å². The minimum absolute atomic E-state index is 0.0149. The number of nitro benzene ring substituents is 1. The number of nitrogens with one attached hydrogen (secondary N) is 2. The molecule has 0 atom stereocenters. The van der Waals surface area contributed by atoms with Crippen LogP contribution < -0.4 is 10.6 Å². The molecule has 114 valence electrons. The van der Waals surface area contributed by atoms with Gasteiger partial charge >= 0.3 is 0 Å². The first-order chi connectivity index (χ1) is 10.4. The SMILES string of the molecule is Cc1ccc([N+](=O)[O-])cc1NC(=S)NC(=O)c1ccc(Br)o1. The number of non-ortho nitro benzene ring substituents is 1. The van der Waals surface area contributed by atoms with E-state index in [1.165, 1.54) is 18.2 Å².